The summed E-state index contributed by atoms with van der Waals surface area (Å²) in [6.45, 7) is 1.83. The molecule has 1 atom stereocenters. The van der Waals surface area contributed by atoms with Crippen molar-refractivity contribution in [2.75, 3.05) is 20.8 Å². The van der Waals surface area contributed by atoms with Gasteiger partial charge in [0.05, 0.1) is 25.5 Å². The SMILES string of the molecule is COc1ccc(OC)c(C(O)CNC(=O)c2cccnc2SCc2cc(C)on2)c1. The van der Waals surface area contributed by atoms with Gasteiger partial charge in [0.15, 0.2) is 0 Å². The van der Waals surface area contributed by atoms with E-state index in [-0.39, 0.29) is 12.5 Å². The minimum absolute atomic E-state index is 0.00381. The Kier molecular flexibility index (Phi) is 7.31. The normalized spacial score (nSPS) is 11.7. The van der Waals surface area contributed by atoms with E-state index in [4.69, 9.17) is 14.0 Å². The number of thioether (sulfide) groups is 1. The number of carbonyl (C=O) groups is 1. The first-order chi connectivity index (χ1) is 14.5. The van der Waals surface area contributed by atoms with Crippen LogP contribution in [-0.4, -0.2) is 41.9 Å². The average molecular weight is 429 g/mol. The third-order valence-electron chi connectivity index (χ3n) is 4.30. The third kappa shape index (κ3) is 5.31. The number of benzene rings is 1. The van der Waals surface area contributed by atoms with Crippen molar-refractivity contribution in [3.05, 3.63) is 65.2 Å². The minimum atomic E-state index is -0.968. The zero-order valence-corrected chi connectivity index (χ0v) is 17.7. The first kappa shape index (κ1) is 21.7. The van der Waals surface area contributed by atoms with Gasteiger partial charge in [-0.3, -0.25) is 4.79 Å². The van der Waals surface area contributed by atoms with Crippen molar-refractivity contribution in [1.82, 2.24) is 15.5 Å². The second-order valence-electron chi connectivity index (χ2n) is 6.41. The molecule has 2 aromatic heterocycles. The summed E-state index contributed by atoms with van der Waals surface area (Å²) in [6, 6.07) is 10.4. The van der Waals surface area contributed by atoms with Crippen molar-refractivity contribution in [2.45, 2.75) is 23.8 Å². The van der Waals surface area contributed by atoms with E-state index < -0.39 is 6.10 Å². The summed E-state index contributed by atoms with van der Waals surface area (Å²) in [7, 11) is 3.06. The van der Waals surface area contributed by atoms with Gasteiger partial charge in [0.2, 0.25) is 0 Å². The number of rotatable bonds is 9. The number of ether oxygens (including phenoxy) is 2. The van der Waals surface area contributed by atoms with Gasteiger partial charge in [-0.1, -0.05) is 16.9 Å². The fraction of sp³-hybridized carbons (Fsp3) is 0.286. The second-order valence-corrected chi connectivity index (χ2v) is 7.37. The van der Waals surface area contributed by atoms with Crippen LogP contribution in [-0.2, 0) is 5.75 Å². The van der Waals surface area contributed by atoms with Gasteiger partial charge < -0.3 is 24.4 Å². The Morgan fingerprint density at radius 3 is 2.80 bits per heavy atom. The van der Waals surface area contributed by atoms with Crippen LogP contribution >= 0.6 is 11.8 Å². The standard InChI is InChI=1S/C21H23N3O5S/c1-13-9-14(24-29-13)12-30-21-16(5-4-8-22-21)20(26)23-11-18(25)17-10-15(27-2)6-7-19(17)28-3/h4-10,18,25H,11-12H2,1-3H3,(H,23,26). The Hall–Kier alpha value is -3.04. The number of nitrogens with one attached hydrogen (secondary N) is 1. The number of aliphatic hydroxyl groups excluding tert-OH is 1. The van der Waals surface area contributed by atoms with Gasteiger partial charge in [0.25, 0.3) is 5.91 Å². The molecule has 0 fully saturated rings. The molecule has 0 radical (unpaired) electrons. The predicted octanol–water partition coefficient (Wildman–Crippen LogP) is 3.15. The first-order valence-electron chi connectivity index (χ1n) is 9.20. The molecule has 0 saturated heterocycles. The second kappa shape index (κ2) is 10.1. The van der Waals surface area contributed by atoms with E-state index >= 15 is 0 Å². The van der Waals surface area contributed by atoms with Crippen LogP contribution in [0.2, 0.25) is 0 Å². The Morgan fingerprint density at radius 1 is 1.27 bits per heavy atom. The van der Waals surface area contributed by atoms with Crippen LogP contribution in [0, 0.1) is 6.92 Å². The number of hydrogen-bond acceptors (Lipinski definition) is 8. The lowest BCUT2D eigenvalue weighted by molar-refractivity contribution is 0.0911. The summed E-state index contributed by atoms with van der Waals surface area (Å²) in [6.07, 6.45) is 0.660. The molecule has 158 valence electrons. The summed E-state index contributed by atoms with van der Waals surface area (Å²) in [5.74, 6) is 2.02. The molecule has 3 rings (SSSR count). The van der Waals surface area contributed by atoms with E-state index in [0.29, 0.717) is 33.4 Å². The first-order valence-corrected chi connectivity index (χ1v) is 10.2. The van der Waals surface area contributed by atoms with Crippen LogP contribution in [0.15, 0.2) is 52.1 Å². The van der Waals surface area contributed by atoms with Crippen LogP contribution < -0.4 is 14.8 Å². The lowest BCUT2D eigenvalue weighted by atomic mass is 10.1. The summed E-state index contributed by atoms with van der Waals surface area (Å²) in [5, 5.41) is 17.9. The lowest BCUT2D eigenvalue weighted by Crippen LogP contribution is -2.29. The molecule has 1 unspecified atom stereocenters. The van der Waals surface area contributed by atoms with E-state index in [1.54, 1.807) is 43.6 Å². The highest BCUT2D eigenvalue weighted by molar-refractivity contribution is 7.98. The van der Waals surface area contributed by atoms with E-state index in [9.17, 15) is 9.90 Å². The Morgan fingerprint density at radius 2 is 2.10 bits per heavy atom. The minimum Gasteiger partial charge on any atom is -0.497 e. The summed E-state index contributed by atoms with van der Waals surface area (Å²) < 4.78 is 15.6. The zero-order chi connectivity index (χ0) is 21.5. The molecule has 2 heterocycles. The number of carbonyl (C=O) groups excluding carboxylic acids is 1. The largest absolute Gasteiger partial charge is 0.497 e. The molecule has 0 aliphatic rings. The van der Waals surface area contributed by atoms with E-state index in [1.165, 1.54) is 18.9 Å². The van der Waals surface area contributed by atoms with Gasteiger partial charge in [-0.25, -0.2) is 4.98 Å². The lowest BCUT2D eigenvalue weighted by Gasteiger charge is -2.17. The van der Waals surface area contributed by atoms with Gasteiger partial charge in [-0.05, 0) is 37.3 Å². The van der Waals surface area contributed by atoms with E-state index in [1.807, 2.05) is 13.0 Å². The molecule has 0 spiro atoms. The van der Waals surface area contributed by atoms with Crippen LogP contribution in [0.4, 0.5) is 0 Å². The Bertz CT molecular complexity index is 1010. The summed E-state index contributed by atoms with van der Waals surface area (Å²) in [5.41, 5.74) is 1.72. The molecule has 1 amide bonds. The highest BCUT2D eigenvalue weighted by Gasteiger charge is 2.18. The topological polar surface area (TPSA) is 107 Å². The molecule has 3 aromatic rings. The van der Waals surface area contributed by atoms with Gasteiger partial charge in [0.1, 0.15) is 28.4 Å². The third-order valence-corrected chi connectivity index (χ3v) is 5.34. The molecule has 0 aliphatic carbocycles. The van der Waals surface area contributed by atoms with Crippen molar-refractivity contribution < 1.29 is 23.9 Å². The fourth-order valence-electron chi connectivity index (χ4n) is 2.80. The fourth-order valence-corrected chi connectivity index (χ4v) is 3.67. The number of aromatic nitrogens is 2. The summed E-state index contributed by atoms with van der Waals surface area (Å²) >= 11 is 1.39. The average Bonchev–Trinajstić information content (AvgIpc) is 3.20. The molecule has 0 bridgehead atoms. The maximum Gasteiger partial charge on any atom is 0.254 e. The van der Waals surface area contributed by atoms with Crippen molar-refractivity contribution in [3.8, 4) is 11.5 Å². The highest BCUT2D eigenvalue weighted by atomic mass is 32.2. The summed E-state index contributed by atoms with van der Waals surface area (Å²) in [4.78, 5) is 17.0. The van der Waals surface area contributed by atoms with Gasteiger partial charge in [-0.2, -0.15) is 0 Å². The number of hydrogen-bond donors (Lipinski definition) is 2. The number of nitrogens with zero attached hydrogens (tertiary/aromatic N) is 2. The van der Waals surface area contributed by atoms with Crippen molar-refractivity contribution in [1.29, 1.82) is 0 Å². The number of aryl methyl sites for hydroxylation is 1. The van der Waals surface area contributed by atoms with Crippen LogP contribution in [0.1, 0.15) is 33.5 Å². The molecule has 9 heteroatoms. The molecule has 0 saturated carbocycles. The predicted molar refractivity (Wildman–Crippen MR) is 112 cm³/mol. The number of amides is 1. The number of methoxy groups -OCH3 is 2. The Balaban J connectivity index is 1.66. The monoisotopic (exact) mass is 429 g/mol. The van der Waals surface area contributed by atoms with Crippen molar-refractivity contribution in [3.63, 3.8) is 0 Å². The van der Waals surface area contributed by atoms with E-state index in [0.717, 1.165) is 11.5 Å². The van der Waals surface area contributed by atoms with Gasteiger partial charge >= 0.3 is 0 Å². The van der Waals surface area contributed by atoms with E-state index in [2.05, 4.69) is 15.5 Å². The maximum absolute atomic E-state index is 12.7. The van der Waals surface area contributed by atoms with Crippen molar-refractivity contribution >= 4 is 17.7 Å². The van der Waals surface area contributed by atoms with Crippen molar-refractivity contribution in [2.24, 2.45) is 0 Å². The molecule has 30 heavy (non-hydrogen) atoms. The number of pyridine rings is 1. The van der Waals surface area contributed by atoms with Crippen LogP contribution in [0.25, 0.3) is 0 Å². The maximum atomic E-state index is 12.7. The van der Waals surface area contributed by atoms with Gasteiger partial charge in [0, 0.05) is 30.1 Å². The Labute approximate surface area is 178 Å². The molecule has 8 nitrogen and oxygen atoms in total. The quantitative estimate of drug-likeness (QED) is 0.500. The zero-order valence-electron chi connectivity index (χ0n) is 16.9. The highest BCUT2D eigenvalue weighted by Crippen LogP contribution is 2.29. The van der Waals surface area contributed by atoms with Gasteiger partial charge in [-0.15, -0.1) is 0 Å². The molecule has 0 aliphatic heterocycles. The van der Waals surface area contributed by atoms with Crippen LogP contribution in [0.3, 0.4) is 0 Å². The number of aliphatic hydroxyl groups is 1. The molecule has 1 aromatic carbocycles. The molecular formula is C21H23N3O5S. The molecular weight excluding hydrogens is 406 g/mol. The van der Waals surface area contributed by atoms with Crippen LogP contribution in [0.5, 0.6) is 11.5 Å². The molecule has 2 N–H and O–H groups in total. The smallest absolute Gasteiger partial charge is 0.254 e.